The van der Waals surface area contributed by atoms with Gasteiger partial charge in [0, 0.05) is 16.3 Å². The lowest BCUT2D eigenvalue weighted by Crippen LogP contribution is -2.24. The molecule has 0 aliphatic carbocycles. The summed E-state index contributed by atoms with van der Waals surface area (Å²) >= 11 is 5.97. The van der Waals surface area contributed by atoms with Crippen LogP contribution < -0.4 is 20.2 Å². The molecule has 0 fully saturated rings. The van der Waals surface area contributed by atoms with Gasteiger partial charge in [-0.2, -0.15) is 5.10 Å². The predicted molar refractivity (Wildman–Crippen MR) is 138 cm³/mol. The molecule has 2 N–H and O–H groups in total. The highest BCUT2D eigenvalue weighted by Gasteiger charge is 2.13. The van der Waals surface area contributed by atoms with Gasteiger partial charge in [0.15, 0.2) is 11.5 Å². The Balaban J connectivity index is 1.75. The molecule has 0 atom stereocenters. The van der Waals surface area contributed by atoms with Crippen molar-refractivity contribution in [3.8, 4) is 11.5 Å². The van der Waals surface area contributed by atoms with E-state index in [0.717, 1.165) is 27.9 Å². The van der Waals surface area contributed by atoms with Crippen molar-refractivity contribution in [2.45, 2.75) is 26.9 Å². The van der Waals surface area contributed by atoms with E-state index >= 15 is 0 Å². The van der Waals surface area contributed by atoms with Gasteiger partial charge >= 0.3 is 6.03 Å². The number of ether oxygens (including phenoxy) is 2. The van der Waals surface area contributed by atoms with Crippen LogP contribution in [-0.4, -0.2) is 18.9 Å². The number of rotatable bonds is 10. The zero-order chi connectivity index (χ0) is 24.3. The van der Waals surface area contributed by atoms with Crippen LogP contribution in [-0.2, 0) is 13.0 Å². The largest absolute Gasteiger partial charge is 0.490 e. The van der Waals surface area contributed by atoms with E-state index in [1.165, 1.54) is 0 Å². The molecule has 0 bridgehead atoms. The third kappa shape index (κ3) is 7.12. The lowest BCUT2D eigenvalue weighted by Gasteiger charge is -2.17. The molecule has 7 heteroatoms. The highest BCUT2D eigenvalue weighted by Crippen LogP contribution is 2.34. The van der Waals surface area contributed by atoms with Crippen LogP contribution in [0.4, 0.5) is 10.5 Å². The summed E-state index contributed by atoms with van der Waals surface area (Å²) in [5.74, 6) is 1.25. The number of benzene rings is 3. The molecule has 3 aromatic rings. The number of carbonyl (C=O) groups excluding carboxylic acids is 1. The first kappa shape index (κ1) is 24.9. The second kappa shape index (κ2) is 12.5. The van der Waals surface area contributed by atoms with Crippen molar-refractivity contribution in [2.75, 3.05) is 11.9 Å². The molecule has 176 valence electrons. The van der Waals surface area contributed by atoms with Crippen LogP contribution in [0.2, 0.25) is 5.02 Å². The van der Waals surface area contributed by atoms with E-state index in [0.29, 0.717) is 36.2 Å². The summed E-state index contributed by atoms with van der Waals surface area (Å²) in [5.41, 5.74) is 6.84. The molecule has 0 spiro atoms. The fourth-order valence-corrected chi connectivity index (χ4v) is 3.38. The van der Waals surface area contributed by atoms with Crippen molar-refractivity contribution in [1.82, 2.24) is 5.43 Å². The van der Waals surface area contributed by atoms with E-state index in [4.69, 9.17) is 21.1 Å². The Morgan fingerprint density at radius 1 is 1.12 bits per heavy atom. The SMILES string of the molecule is C=CCc1cc(C=NNC(=O)Nc2ccccc2C)cc(OCC)c1OCc1ccc(Cl)cc1. The van der Waals surface area contributed by atoms with Crippen molar-refractivity contribution in [2.24, 2.45) is 5.10 Å². The summed E-state index contributed by atoms with van der Waals surface area (Å²) in [4.78, 5) is 12.2. The molecule has 0 aromatic heterocycles. The molecule has 0 heterocycles. The lowest BCUT2D eigenvalue weighted by molar-refractivity contribution is 0.252. The number of hydrogen-bond donors (Lipinski definition) is 2. The van der Waals surface area contributed by atoms with Crippen LogP contribution in [0.25, 0.3) is 0 Å². The van der Waals surface area contributed by atoms with Gasteiger partial charge in [0.25, 0.3) is 0 Å². The molecule has 0 radical (unpaired) electrons. The fraction of sp³-hybridized carbons (Fsp3) is 0.185. The molecule has 2 amide bonds. The Labute approximate surface area is 205 Å². The molecular weight excluding hydrogens is 450 g/mol. The molecule has 0 saturated carbocycles. The topological polar surface area (TPSA) is 72.0 Å². The van der Waals surface area contributed by atoms with Gasteiger partial charge in [0.05, 0.1) is 12.8 Å². The van der Waals surface area contributed by atoms with E-state index in [1.807, 2.05) is 74.5 Å². The van der Waals surface area contributed by atoms with E-state index in [2.05, 4.69) is 22.4 Å². The van der Waals surface area contributed by atoms with Crippen LogP contribution in [0.3, 0.4) is 0 Å². The van der Waals surface area contributed by atoms with Gasteiger partial charge in [-0.05, 0) is 67.3 Å². The minimum Gasteiger partial charge on any atom is -0.490 e. The van der Waals surface area contributed by atoms with Gasteiger partial charge in [-0.1, -0.05) is 48.0 Å². The van der Waals surface area contributed by atoms with Gasteiger partial charge in [-0.15, -0.1) is 6.58 Å². The molecule has 0 unspecified atom stereocenters. The highest BCUT2D eigenvalue weighted by atomic mass is 35.5. The summed E-state index contributed by atoms with van der Waals surface area (Å²) in [6, 6.07) is 18.4. The smallest absolute Gasteiger partial charge is 0.339 e. The average Bonchev–Trinajstić information content (AvgIpc) is 2.81. The van der Waals surface area contributed by atoms with Gasteiger partial charge in [-0.3, -0.25) is 0 Å². The summed E-state index contributed by atoms with van der Waals surface area (Å²) < 4.78 is 12.0. The molecule has 0 aliphatic heterocycles. The van der Waals surface area contributed by atoms with E-state index in [-0.39, 0.29) is 0 Å². The lowest BCUT2D eigenvalue weighted by atomic mass is 10.1. The molecule has 3 rings (SSSR count). The number of anilines is 1. The first-order valence-electron chi connectivity index (χ1n) is 10.9. The quantitative estimate of drug-likeness (QED) is 0.198. The van der Waals surface area contributed by atoms with E-state index < -0.39 is 6.03 Å². The number of para-hydroxylation sites is 1. The number of aryl methyl sites for hydroxylation is 1. The van der Waals surface area contributed by atoms with Crippen molar-refractivity contribution in [3.05, 3.63) is 101 Å². The summed E-state index contributed by atoms with van der Waals surface area (Å²) in [6.07, 6.45) is 3.95. The summed E-state index contributed by atoms with van der Waals surface area (Å²) in [6.45, 7) is 8.53. The Kier molecular flexibility index (Phi) is 9.12. The Morgan fingerprint density at radius 2 is 1.88 bits per heavy atom. The molecule has 0 aliphatic rings. The second-order valence-corrected chi connectivity index (χ2v) is 7.92. The predicted octanol–water partition coefficient (Wildman–Crippen LogP) is 6.51. The number of hydrogen-bond acceptors (Lipinski definition) is 4. The third-order valence-corrected chi connectivity index (χ3v) is 5.14. The first-order valence-corrected chi connectivity index (χ1v) is 11.3. The molecule has 3 aromatic carbocycles. The van der Waals surface area contributed by atoms with Gasteiger partial charge in [-0.25, -0.2) is 10.2 Å². The van der Waals surface area contributed by atoms with Crippen molar-refractivity contribution in [1.29, 1.82) is 0 Å². The van der Waals surface area contributed by atoms with Crippen LogP contribution in [0.5, 0.6) is 11.5 Å². The molecule has 34 heavy (non-hydrogen) atoms. The number of amides is 2. The molecule has 0 saturated heterocycles. The van der Waals surface area contributed by atoms with E-state index in [1.54, 1.807) is 12.3 Å². The van der Waals surface area contributed by atoms with Crippen LogP contribution in [0.15, 0.2) is 78.4 Å². The number of halogens is 1. The molecule has 6 nitrogen and oxygen atoms in total. The number of allylic oxidation sites excluding steroid dienone is 1. The fourth-order valence-electron chi connectivity index (χ4n) is 3.26. The van der Waals surface area contributed by atoms with Crippen LogP contribution >= 0.6 is 11.6 Å². The first-order chi connectivity index (χ1) is 16.5. The van der Waals surface area contributed by atoms with Gasteiger partial charge in [0.1, 0.15) is 6.61 Å². The highest BCUT2D eigenvalue weighted by molar-refractivity contribution is 6.30. The minimum absolute atomic E-state index is 0.370. The second-order valence-electron chi connectivity index (χ2n) is 7.49. The zero-order valence-corrected chi connectivity index (χ0v) is 20.1. The maximum absolute atomic E-state index is 12.2. The van der Waals surface area contributed by atoms with Gasteiger partial charge < -0.3 is 14.8 Å². The van der Waals surface area contributed by atoms with Crippen LogP contribution in [0, 0.1) is 6.92 Å². The molecular formula is C27H28ClN3O3. The number of nitrogens with zero attached hydrogens (tertiary/aromatic N) is 1. The Morgan fingerprint density at radius 3 is 2.59 bits per heavy atom. The zero-order valence-electron chi connectivity index (χ0n) is 19.3. The number of carbonyl (C=O) groups is 1. The summed E-state index contributed by atoms with van der Waals surface area (Å²) in [5, 5.41) is 7.53. The van der Waals surface area contributed by atoms with E-state index in [9.17, 15) is 4.79 Å². The number of hydrazone groups is 1. The Bertz CT molecular complexity index is 1160. The Hall–Kier alpha value is -3.77. The third-order valence-electron chi connectivity index (χ3n) is 4.89. The number of nitrogens with one attached hydrogen (secondary N) is 2. The monoisotopic (exact) mass is 477 g/mol. The van der Waals surface area contributed by atoms with Gasteiger partial charge in [0.2, 0.25) is 0 Å². The maximum atomic E-state index is 12.2. The van der Waals surface area contributed by atoms with Crippen molar-refractivity contribution in [3.63, 3.8) is 0 Å². The average molecular weight is 478 g/mol. The standard InChI is InChI=1S/C27H28ClN3O3/c1-4-8-22-15-21(17-29-31-27(32)30-24-10-7-6-9-19(24)3)16-25(33-5-2)26(22)34-18-20-11-13-23(28)14-12-20/h4,6-7,9-17H,1,5,8,18H2,2-3H3,(H2,30,31,32). The van der Waals surface area contributed by atoms with Crippen LogP contribution in [0.1, 0.15) is 29.2 Å². The normalized spacial score (nSPS) is 10.7. The van der Waals surface area contributed by atoms with Crippen molar-refractivity contribution >= 4 is 29.5 Å². The minimum atomic E-state index is -0.426. The number of urea groups is 1. The summed E-state index contributed by atoms with van der Waals surface area (Å²) in [7, 11) is 0. The van der Waals surface area contributed by atoms with Crippen molar-refractivity contribution < 1.29 is 14.3 Å². The maximum Gasteiger partial charge on any atom is 0.339 e.